The zero-order valence-electron chi connectivity index (χ0n) is 10.9. The number of halogens is 2. The highest BCUT2D eigenvalue weighted by Crippen LogP contribution is 2.30. The number of hydrogen-bond acceptors (Lipinski definition) is 1. The Morgan fingerprint density at radius 3 is 2.78 bits per heavy atom. The second-order valence-corrected chi connectivity index (χ2v) is 5.72. The van der Waals surface area contributed by atoms with E-state index >= 15 is 0 Å². The normalized spacial score (nSPS) is 18.2. The van der Waals surface area contributed by atoms with Gasteiger partial charge in [-0.15, -0.1) is 0 Å². The molecule has 0 heterocycles. The van der Waals surface area contributed by atoms with Gasteiger partial charge in [-0.1, -0.05) is 37.3 Å². The summed E-state index contributed by atoms with van der Waals surface area (Å²) in [5.41, 5.74) is 0.911. The lowest BCUT2D eigenvalue weighted by Gasteiger charge is -2.20. The summed E-state index contributed by atoms with van der Waals surface area (Å²) in [5.74, 6) is 0.625. The van der Waals surface area contributed by atoms with Crippen molar-refractivity contribution in [1.82, 2.24) is 5.32 Å². The first kappa shape index (κ1) is 13.8. The molecule has 2 rings (SSSR count). The third-order valence-electron chi connectivity index (χ3n) is 3.97. The number of rotatable bonds is 5. The van der Waals surface area contributed by atoms with Gasteiger partial charge < -0.3 is 5.32 Å². The minimum Gasteiger partial charge on any atom is -0.317 e. The Kier molecular flexibility index (Phi) is 5.02. The maximum atomic E-state index is 13.2. The highest BCUT2D eigenvalue weighted by atomic mass is 35.5. The van der Waals surface area contributed by atoms with E-state index in [1.165, 1.54) is 38.2 Å². The van der Waals surface area contributed by atoms with Gasteiger partial charge in [-0.25, -0.2) is 4.39 Å². The molecular weight excluding hydrogens is 249 g/mol. The van der Waals surface area contributed by atoms with Crippen LogP contribution >= 0.6 is 11.6 Å². The third kappa shape index (κ3) is 3.69. The van der Waals surface area contributed by atoms with E-state index in [2.05, 4.69) is 5.32 Å². The van der Waals surface area contributed by atoms with Gasteiger partial charge in [-0.05, 0) is 49.6 Å². The van der Waals surface area contributed by atoms with Crippen LogP contribution in [0.5, 0.6) is 0 Å². The summed E-state index contributed by atoms with van der Waals surface area (Å²) < 4.78 is 13.2. The van der Waals surface area contributed by atoms with Crippen molar-refractivity contribution >= 4 is 11.6 Å². The van der Waals surface area contributed by atoms with E-state index in [0.717, 1.165) is 17.9 Å². The molecule has 1 N–H and O–H groups in total. The summed E-state index contributed by atoms with van der Waals surface area (Å²) in [5, 5.41) is 4.01. The lowest BCUT2D eigenvalue weighted by atomic mass is 9.94. The zero-order chi connectivity index (χ0) is 13.0. The average molecular weight is 270 g/mol. The number of nitrogens with one attached hydrogen (secondary N) is 1. The van der Waals surface area contributed by atoms with Crippen LogP contribution < -0.4 is 5.32 Å². The first-order chi connectivity index (χ1) is 8.69. The third-order valence-corrected chi connectivity index (χ3v) is 4.34. The Balaban J connectivity index is 1.98. The van der Waals surface area contributed by atoms with Crippen molar-refractivity contribution in [2.24, 2.45) is 5.92 Å². The number of likely N-dealkylation sites (N-methyl/N-ethyl adjacent to an activating group) is 1. The minimum atomic E-state index is -0.204. The Morgan fingerprint density at radius 1 is 1.39 bits per heavy atom. The predicted molar refractivity (Wildman–Crippen MR) is 74.5 cm³/mol. The van der Waals surface area contributed by atoms with Gasteiger partial charge in [0.25, 0.3) is 0 Å². The van der Waals surface area contributed by atoms with Gasteiger partial charge in [0.2, 0.25) is 0 Å². The number of hydrogen-bond donors (Lipinski definition) is 1. The molecule has 1 aromatic rings. The Hall–Kier alpha value is -0.600. The molecular formula is C15H21ClFN. The quantitative estimate of drug-likeness (QED) is 0.845. The van der Waals surface area contributed by atoms with Crippen molar-refractivity contribution in [1.29, 1.82) is 0 Å². The van der Waals surface area contributed by atoms with Crippen molar-refractivity contribution in [3.8, 4) is 0 Å². The Bertz CT molecular complexity index is 388. The summed E-state index contributed by atoms with van der Waals surface area (Å²) in [6.45, 7) is 0. The predicted octanol–water partition coefficient (Wildman–Crippen LogP) is 4.19. The van der Waals surface area contributed by atoms with Gasteiger partial charge in [0.05, 0.1) is 0 Å². The van der Waals surface area contributed by atoms with E-state index in [1.807, 2.05) is 7.05 Å². The highest BCUT2D eigenvalue weighted by molar-refractivity contribution is 6.31. The van der Waals surface area contributed by atoms with Crippen LogP contribution in [0.4, 0.5) is 4.39 Å². The summed E-state index contributed by atoms with van der Waals surface area (Å²) >= 11 is 6.12. The summed E-state index contributed by atoms with van der Waals surface area (Å²) in [6, 6.07) is 5.01. The lowest BCUT2D eigenvalue weighted by molar-refractivity contribution is 0.402. The van der Waals surface area contributed by atoms with Gasteiger partial charge >= 0.3 is 0 Å². The van der Waals surface area contributed by atoms with E-state index in [9.17, 15) is 4.39 Å². The molecule has 100 valence electrons. The molecule has 1 nitrogen and oxygen atoms in total. The van der Waals surface area contributed by atoms with E-state index in [0.29, 0.717) is 11.1 Å². The van der Waals surface area contributed by atoms with Crippen LogP contribution in [0.15, 0.2) is 18.2 Å². The molecule has 1 atom stereocenters. The van der Waals surface area contributed by atoms with E-state index in [-0.39, 0.29) is 5.82 Å². The highest BCUT2D eigenvalue weighted by Gasteiger charge is 2.20. The van der Waals surface area contributed by atoms with E-state index < -0.39 is 0 Å². The maximum absolute atomic E-state index is 13.2. The van der Waals surface area contributed by atoms with Crippen LogP contribution in [0.2, 0.25) is 5.02 Å². The summed E-state index contributed by atoms with van der Waals surface area (Å²) in [6.07, 6.45) is 7.39. The van der Waals surface area contributed by atoms with Crippen molar-refractivity contribution < 1.29 is 4.39 Å². The van der Waals surface area contributed by atoms with Gasteiger partial charge in [-0.2, -0.15) is 0 Å². The Labute approximate surface area is 114 Å². The van der Waals surface area contributed by atoms with Crippen LogP contribution in [-0.2, 0) is 6.42 Å². The molecule has 1 aliphatic carbocycles. The van der Waals surface area contributed by atoms with Crippen molar-refractivity contribution in [3.05, 3.63) is 34.6 Å². The summed E-state index contributed by atoms with van der Waals surface area (Å²) in [4.78, 5) is 0. The molecule has 1 unspecified atom stereocenters. The van der Waals surface area contributed by atoms with Crippen molar-refractivity contribution in [3.63, 3.8) is 0 Å². The molecule has 0 spiro atoms. The lowest BCUT2D eigenvalue weighted by Crippen LogP contribution is -2.29. The van der Waals surface area contributed by atoms with Crippen LogP contribution in [0, 0.1) is 11.7 Å². The van der Waals surface area contributed by atoms with E-state index in [4.69, 9.17) is 11.6 Å². The van der Waals surface area contributed by atoms with Crippen molar-refractivity contribution in [2.45, 2.75) is 44.6 Å². The van der Waals surface area contributed by atoms with Crippen LogP contribution in [0.1, 0.15) is 37.7 Å². The van der Waals surface area contributed by atoms with Gasteiger partial charge in [0.1, 0.15) is 5.82 Å². The average Bonchev–Trinajstić information content (AvgIpc) is 2.85. The molecule has 0 radical (unpaired) electrons. The Morgan fingerprint density at radius 2 is 2.11 bits per heavy atom. The topological polar surface area (TPSA) is 12.0 Å². The largest absolute Gasteiger partial charge is 0.317 e. The molecule has 0 bridgehead atoms. The SMILES string of the molecule is CNC(Cc1cc(F)ccc1Cl)CC1CCCC1. The van der Waals surface area contributed by atoms with E-state index in [1.54, 1.807) is 12.1 Å². The maximum Gasteiger partial charge on any atom is 0.123 e. The van der Waals surface area contributed by atoms with Crippen LogP contribution in [0.25, 0.3) is 0 Å². The summed E-state index contributed by atoms with van der Waals surface area (Å²) in [7, 11) is 1.98. The molecule has 0 amide bonds. The molecule has 0 saturated heterocycles. The minimum absolute atomic E-state index is 0.204. The van der Waals surface area contributed by atoms with Gasteiger partial charge in [0, 0.05) is 11.1 Å². The molecule has 1 fully saturated rings. The zero-order valence-corrected chi connectivity index (χ0v) is 11.6. The molecule has 0 aromatic heterocycles. The molecule has 1 saturated carbocycles. The molecule has 0 aliphatic heterocycles. The standard InChI is InChI=1S/C15H21ClFN/c1-18-14(8-11-4-2-3-5-11)10-12-9-13(17)6-7-15(12)16/h6-7,9,11,14,18H,2-5,8,10H2,1H3. The number of benzene rings is 1. The second kappa shape index (κ2) is 6.53. The van der Waals surface area contributed by atoms with Crippen LogP contribution in [-0.4, -0.2) is 13.1 Å². The monoisotopic (exact) mass is 269 g/mol. The fourth-order valence-electron chi connectivity index (χ4n) is 2.92. The first-order valence-electron chi connectivity index (χ1n) is 6.80. The van der Waals surface area contributed by atoms with Crippen molar-refractivity contribution in [2.75, 3.05) is 7.05 Å². The fraction of sp³-hybridized carbons (Fsp3) is 0.600. The molecule has 1 aliphatic rings. The first-order valence-corrected chi connectivity index (χ1v) is 7.18. The molecule has 1 aromatic carbocycles. The molecule has 18 heavy (non-hydrogen) atoms. The second-order valence-electron chi connectivity index (χ2n) is 5.31. The fourth-order valence-corrected chi connectivity index (χ4v) is 3.11. The smallest absolute Gasteiger partial charge is 0.123 e. The molecule has 3 heteroatoms. The van der Waals surface area contributed by atoms with Crippen LogP contribution in [0.3, 0.4) is 0 Å². The van der Waals surface area contributed by atoms with Gasteiger partial charge in [-0.3, -0.25) is 0 Å². The van der Waals surface area contributed by atoms with Gasteiger partial charge in [0.15, 0.2) is 0 Å².